The molecule has 0 atom stereocenters. The molecule has 0 amide bonds. The van der Waals surface area contributed by atoms with Crippen molar-refractivity contribution >= 4 is 29.1 Å². The quantitative estimate of drug-likeness (QED) is 0.505. The van der Waals surface area contributed by atoms with Crippen LogP contribution < -0.4 is 5.32 Å². The number of rotatable bonds is 5. The lowest BCUT2D eigenvalue weighted by molar-refractivity contribution is -0.384. The van der Waals surface area contributed by atoms with Gasteiger partial charge < -0.3 is 10.1 Å². The normalized spacial score (nSPS) is 14.8. The van der Waals surface area contributed by atoms with Crippen LogP contribution >= 0.6 is 11.6 Å². The van der Waals surface area contributed by atoms with Crippen molar-refractivity contribution in [2.75, 3.05) is 12.4 Å². The van der Waals surface area contributed by atoms with Crippen molar-refractivity contribution in [3.05, 3.63) is 62.8 Å². The molecule has 0 aliphatic heterocycles. The highest BCUT2D eigenvalue weighted by molar-refractivity contribution is 6.30. The molecule has 8 heteroatoms. The number of aromatic nitrogens is 1. The van der Waals surface area contributed by atoms with Crippen LogP contribution in [0.3, 0.4) is 0 Å². The number of ether oxygens (including phenoxy) is 1. The number of hydrogen-bond acceptors (Lipinski definition) is 6. The summed E-state index contributed by atoms with van der Waals surface area (Å²) in [4.78, 5) is 26.4. The van der Waals surface area contributed by atoms with Gasteiger partial charge in [0.05, 0.1) is 28.2 Å². The van der Waals surface area contributed by atoms with Gasteiger partial charge in [0, 0.05) is 12.3 Å². The highest BCUT2D eigenvalue weighted by Crippen LogP contribution is 2.49. The van der Waals surface area contributed by atoms with Crippen LogP contribution in [-0.2, 0) is 10.3 Å². The molecule has 7 nitrogen and oxygen atoms in total. The van der Waals surface area contributed by atoms with Gasteiger partial charge >= 0.3 is 11.7 Å². The molecule has 1 aromatic heterocycles. The van der Waals surface area contributed by atoms with Gasteiger partial charge in [-0.25, -0.2) is 9.78 Å². The van der Waals surface area contributed by atoms with Gasteiger partial charge in [0.25, 0.3) is 0 Å². The first-order valence-corrected chi connectivity index (χ1v) is 7.60. The predicted octanol–water partition coefficient (Wildman–Crippen LogP) is 3.53. The van der Waals surface area contributed by atoms with Gasteiger partial charge in [-0.05, 0) is 30.5 Å². The second-order valence-corrected chi connectivity index (χ2v) is 5.99. The molecular formula is C16H14ClN3O4. The maximum Gasteiger partial charge on any atom is 0.337 e. The van der Waals surface area contributed by atoms with E-state index in [4.69, 9.17) is 16.3 Å². The summed E-state index contributed by atoms with van der Waals surface area (Å²) in [5.41, 5.74) is 0.631. The number of halogens is 1. The second kappa shape index (κ2) is 6.09. The number of carbonyl (C=O) groups is 1. The lowest BCUT2D eigenvalue weighted by atomic mass is 10.0. The largest absolute Gasteiger partial charge is 0.465 e. The molecule has 1 heterocycles. The van der Waals surface area contributed by atoms with E-state index in [0.717, 1.165) is 18.4 Å². The third-order valence-corrected chi connectivity index (χ3v) is 4.18. The third-order valence-electron chi connectivity index (χ3n) is 3.97. The van der Waals surface area contributed by atoms with Crippen LogP contribution in [0.15, 0.2) is 36.5 Å². The number of hydrogen-bond donors (Lipinski definition) is 1. The molecule has 1 aromatic carbocycles. The first-order chi connectivity index (χ1) is 11.4. The Hall–Kier alpha value is -2.67. The lowest BCUT2D eigenvalue weighted by Crippen LogP contribution is -2.21. The first-order valence-electron chi connectivity index (χ1n) is 7.22. The molecule has 0 unspecified atom stereocenters. The number of anilines is 1. The molecule has 0 bridgehead atoms. The minimum atomic E-state index is -0.526. The summed E-state index contributed by atoms with van der Waals surface area (Å²) in [6, 6.07) is 8.28. The SMILES string of the molecule is COC(=O)c1cccc(C2(Nc3ncc(Cl)cc3[N+](=O)[O-])CC2)c1. The van der Waals surface area contributed by atoms with Crippen LogP contribution in [0.25, 0.3) is 0 Å². The molecule has 1 fully saturated rings. The average Bonchev–Trinajstić information content (AvgIpc) is 3.36. The van der Waals surface area contributed by atoms with Crippen molar-refractivity contribution in [3.63, 3.8) is 0 Å². The number of esters is 1. The van der Waals surface area contributed by atoms with E-state index in [2.05, 4.69) is 10.3 Å². The van der Waals surface area contributed by atoms with Crippen molar-refractivity contribution < 1.29 is 14.5 Å². The van der Waals surface area contributed by atoms with Gasteiger partial charge in [-0.2, -0.15) is 0 Å². The fraction of sp³-hybridized carbons (Fsp3) is 0.250. The molecular weight excluding hydrogens is 334 g/mol. The van der Waals surface area contributed by atoms with Crippen molar-refractivity contribution in [1.82, 2.24) is 4.98 Å². The van der Waals surface area contributed by atoms with Crippen molar-refractivity contribution in [2.24, 2.45) is 0 Å². The van der Waals surface area contributed by atoms with E-state index in [0.29, 0.717) is 5.56 Å². The fourth-order valence-electron chi connectivity index (χ4n) is 2.56. The minimum Gasteiger partial charge on any atom is -0.465 e. The van der Waals surface area contributed by atoms with E-state index >= 15 is 0 Å². The molecule has 3 rings (SSSR count). The third kappa shape index (κ3) is 3.03. The zero-order valence-electron chi connectivity index (χ0n) is 12.8. The fourth-order valence-corrected chi connectivity index (χ4v) is 2.72. The molecule has 24 heavy (non-hydrogen) atoms. The maximum atomic E-state index is 11.7. The van der Waals surface area contributed by atoms with Crippen LogP contribution in [0.1, 0.15) is 28.8 Å². The van der Waals surface area contributed by atoms with E-state index in [9.17, 15) is 14.9 Å². The Morgan fingerprint density at radius 1 is 1.42 bits per heavy atom. The Morgan fingerprint density at radius 3 is 2.79 bits per heavy atom. The van der Waals surface area contributed by atoms with Gasteiger partial charge in [0.1, 0.15) is 0 Å². The number of nitrogens with zero attached hydrogens (tertiary/aromatic N) is 2. The van der Waals surface area contributed by atoms with Crippen LogP contribution in [0, 0.1) is 10.1 Å². The van der Waals surface area contributed by atoms with Gasteiger partial charge in [-0.1, -0.05) is 23.7 Å². The Kier molecular flexibility index (Phi) is 4.11. The summed E-state index contributed by atoms with van der Waals surface area (Å²) in [5.74, 6) is -0.270. The number of nitro groups is 1. The summed E-state index contributed by atoms with van der Waals surface area (Å²) in [6.45, 7) is 0. The van der Waals surface area contributed by atoms with Gasteiger partial charge in [0.2, 0.25) is 5.82 Å². The van der Waals surface area contributed by atoms with E-state index in [-0.39, 0.29) is 16.5 Å². The van der Waals surface area contributed by atoms with Crippen LogP contribution in [0.4, 0.5) is 11.5 Å². The zero-order chi connectivity index (χ0) is 17.3. The van der Waals surface area contributed by atoms with Gasteiger partial charge in [0.15, 0.2) is 0 Å². The number of nitrogens with one attached hydrogen (secondary N) is 1. The standard InChI is InChI=1S/C16H14ClN3O4/c1-24-15(21)10-3-2-4-11(7-10)16(5-6-16)19-14-13(20(22)23)8-12(17)9-18-14/h2-4,7-9H,5-6H2,1H3,(H,18,19). The molecule has 2 aromatic rings. The number of pyridine rings is 1. The minimum absolute atomic E-state index is 0.158. The predicted molar refractivity (Wildman–Crippen MR) is 88.2 cm³/mol. The highest BCUT2D eigenvalue weighted by Gasteiger charge is 2.46. The average molecular weight is 348 g/mol. The van der Waals surface area contributed by atoms with Gasteiger partial charge in [-0.3, -0.25) is 10.1 Å². The molecule has 0 saturated heterocycles. The lowest BCUT2D eigenvalue weighted by Gasteiger charge is -2.19. The Morgan fingerprint density at radius 2 is 2.17 bits per heavy atom. The molecule has 1 aliphatic rings. The summed E-state index contributed by atoms with van der Waals surface area (Å²) < 4.78 is 4.73. The molecule has 1 N–H and O–H groups in total. The Bertz CT molecular complexity index is 821. The van der Waals surface area contributed by atoms with Crippen LogP contribution in [0.5, 0.6) is 0 Å². The van der Waals surface area contributed by atoms with E-state index in [1.54, 1.807) is 18.2 Å². The van der Waals surface area contributed by atoms with E-state index in [1.807, 2.05) is 6.07 Å². The first kappa shape index (κ1) is 16.2. The molecule has 124 valence electrons. The topological polar surface area (TPSA) is 94.4 Å². The zero-order valence-corrected chi connectivity index (χ0v) is 13.5. The molecule has 0 spiro atoms. The second-order valence-electron chi connectivity index (χ2n) is 5.56. The molecule has 1 aliphatic carbocycles. The highest BCUT2D eigenvalue weighted by atomic mass is 35.5. The van der Waals surface area contributed by atoms with Crippen LogP contribution in [-0.4, -0.2) is 23.0 Å². The number of methoxy groups -OCH3 is 1. The monoisotopic (exact) mass is 347 g/mol. The maximum absolute atomic E-state index is 11.7. The molecule has 0 radical (unpaired) electrons. The number of benzene rings is 1. The van der Waals surface area contributed by atoms with Crippen LogP contribution in [0.2, 0.25) is 5.02 Å². The van der Waals surface area contributed by atoms with Gasteiger partial charge in [-0.15, -0.1) is 0 Å². The summed E-state index contributed by atoms with van der Waals surface area (Å²) in [6.07, 6.45) is 2.91. The summed E-state index contributed by atoms with van der Waals surface area (Å²) in [5, 5.41) is 14.5. The summed E-state index contributed by atoms with van der Waals surface area (Å²) >= 11 is 5.79. The van der Waals surface area contributed by atoms with Crippen molar-refractivity contribution in [3.8, 4) is 0 Å². The van der Waals surface area contributed by atoms with Crippen molar-refractivity contribution in [1.29, 1.82) is 0 Å². The summed E-state index contributed by atoms with van der Waals surface area (Å²) in [7, 11) is 1.32. The van der Waals surface area contributed by atoms with E-state index in [1.165, 1.54) is 19.4 Å². The number of carbonyl (C=O) groups excluding carboxylic acids is 1. The van der Waals surface area contributed by atoms with Crippen molar-refractivity contribution in [2.45, 2.75) is 18.4 Å². The Balaban J connectivity index is 1.94. The molecule has 1 saturated carbocycles. The van der Waals surface area contributed by atoms with E-state index < -0.39 is 16.4 Å². The smallest absolute Gasteiger partial charge is 0.337 e. The Labute approximate surface area is 142 Å².